The van der Waals surface area contributed by atoms with Gasteiger partial charge in [-0.2, -0.15) is 0 Å². The molecule has 13 aromatic rings. The summed E-state index contributed by atoms with van der Waals surface area (Å²) in [6.07, 6.45) is 0. The van der Waals surface area contributed by atoms with E-state index in [9.17, 15) is 0 Å². The summed E-state index contributed by atoms with van der Waals surface area (Å²) in [6, 6.07) is 94.9. The standard InChI is InChI=1S/C67H42N2/c1-4-19-43(20-5-1)47-41-53(44-21-6-2-7-22-44)66-56(42-47)55-40-46(45-35-37-62-54(39-45)51-27-13-17-33-61(51)68(62)48-23-8-3-9-24-48)36-38-63(55)69(66)64-34-18-32-60-65(64)52-28-12-16-31-59(52)67(60)57-29-14-10-25-49(57)50-26-11-15-30-58(50)67/h1-42H. The second kappa shape index (κ2) is 14.5. The Labute approximate surface area is 400 Å². The van der Waals surface area contributed by atoms with Gasteiger partial charge in [-0.1, -0.05) is 194 Å². The summed E-state index contributed by atoms with van der Waals surface area (Å²) in [5.74, 6) is 0. The molecular formula is C67H42N2. The Morgan fingerprint density at radius 3 is 1.43 bits per heavy atom. The summed E-state index contributed by atoms with van der Waals surface area (Å²) in [5, 5.41) is 4.94. The zero-order valence-corrected chi connectivity index (χ0v) is 37.6. The summed E-state index contributed by atoms with van der Waals surface area (Å²) in [7, 11) is 0. The minimum atomic E-state index is -0.452. The first-order chi connectivity index (χ1) is 34.3. The van der Waals surface area contributed by atoms with Crippen LogP contribution in [0.4, 0.5) is 0 Å². The van der Waals surface area contributed by atoms with Crippen LogP contribution in [-0.2, 0) is 5.41 Å². The minimum absolute atomic E-state index is 0.452. The van der Waals surface area contributed by atoms with Gasteiger partial charge in [-0.15, -0.1) is 0 Å². The Balaban J connectivity index is 1.04. The van der Waals surface area contributed by atoms with Crippen LogP contribution in [0.25, 0.3) is 111 Å². The molecule has 2 aliphatic carbocycles. The van der Waals surface area contributed by atoms with Gasteiger partial charge in [-0.3, -0.25) is 0 Å². The molecule has 0 radical (unpaired) electrons. The van der Waals surface area contributed by atoms with Gasteiger partial charge in [0.2, 0.25) is 0 Å². The maximum Gasteiger partial charge on any atom is 0.0726 e. The highest BCUT2D eigenvalue weighted by atomic mass is 15.0. The van der Waals surface area contributed by atoms with Gasteiger partial charge in [-0.25, -0.2) is 0 Å². The van der Waals surface area contributed by atoms with Crippen LogP contribution in [0.15, 0.2) is 255 Å². The molecule has 2 aromatic heterocycles. The molecule has 0 saturated heterocycles. The molecule has 15 rings (SSSR count). The second-order valence-electron chi connectivity index (χ2n) is 18.7. The lowest BCUT2D eigenvalue weighted by molar-refractivity contribution is 0.793. The van der Waals surface area contributed by atoms with E-state index in [-0.39, 0.29) is 0 Å². The summed E-state index contributed by atoms with van der Waals surface area (Å²) in [6.45, 7) is 0. The molecule has 2 heteroatoms. The van der Waals surface area contributed by atoms with Crippen molar-refractivity contribution in [1.82, 2.24) is 9.13 Å². The average Bonchev–Trinajstić information content (AvgIpc) is 4.13. The highest BCUT2D eigenvalue weighted by Crippen LogP contribution is 2.64. The van der Waals surface area contributed by atoms with E-state index in [1.165, 1.54) is 127 Å². The Kier molecular flexibility index (Phi) is 8.02. The number of fused-ring (bicyclic) bond motifs is 16. The third-order valence-electron chi connectivity index (χ3n) is 15.3. The first kappa shape index (κ1) is 38.2. The Bertz CT molecular complexity index is 4180. The summed E-state index contributed by atoms with van der Waals surface area (Å²) in [5.41, 5.74) is 24.4. The number of nitrogens with zero attached hydrogens (tertiary/aromatic N) is 2. The third-order valence-corrected chi connectivity index (χ3v) is 15.3. The van der Waals surface area contributed by atoms with Crippen molar-refractivity contribution in [2.24, 2.45) is 0 Å². The molecule has 0 bridgehead atoms. The monoisotopic (exact) mass is 874 g/mol. The van der Waals surface area contributed by atoms with Gasteiger partial charge in [0.15, 0.2) is 0 Å². The molecule has 0 atom stereocenters. The van der Waals surface area contributed by atoms with Crippen LogP contribution in [0.3, 0.4) is 0 Å². The van der Waals surface area contributed by atoms with Crippen LogP contribution in [0.2, 0.25) is 0 Å². The second-order valence-corrected chi connectivity index (χ2v) is 18.7. The predicted molar refractivity (Wildman–Crippen MR) is 288 cm³/mol. The quantitative estimate of drug-likeness (QED) is 0.163. The van der Waals surface area contributed by atoms with Crippen molar-refractivity contribution in [2.75, 3.05) is 0 Å². The fraction of sp³-hybridized carbons (Fsp3) is 0.0149. The molecule has 1 spiro atoms. The van der Waals surface area contributed by atoms with E-state index in [1.54, 1.807) is 0 Å². The summed E-state index contributed by atoms with van der Waals surface area (Å²) < 4.78 is 4.99. The number of benzene rings is 11. The molecule has 2 aliphatic rings. The van der Waals surface area contributed by atoms with Gasteiger partial charge in [0, 0.05) is 38.4 Å². The van der Waals surface area contributed by atoms with Crippen LogP contribution in [-0.4, -0.2) is 9.13 Å². The lowest BCUT2D eigenvalue weighted by Crippen LogP contribution is -2.25. The third kappa shape index (κ3) is 5.26. The SMILES string of the molecule is c1ccc(-c2cc(-c3ccccc3)c3c(c2)c2cc(-c4ccc5c(c4)c4ccccc4n5-c4ccccc4)ccc2n3-c2cccc3c2-c2ccccc2C32c3ccccc3-c3ccccc32)cc1. The Morgan fingerprint density at radius 1 is 0.261 bits per heavy atom. The lowest BCUT2D eigenvalue weighted by Gasteiger charge is -2.30. The number of hydrogen-bond donors (Lipinski definition) is 0. The van der Waals surface area contributed by atoms with E-state index in [4.69, 9.17) is 0 Å². The summed E-state index contributed by atoms with van der Waals surface area (Å²) in [4.78, 5) is 0. The van der Waals surface area contributed by atoms with Crippen LogP contribution in [0.1, 0.15) is 22.3 Å². The maximum atomic E-state index is 2.60. The number of para-hydroxylation sites is 2. The summed E-state index contributed by atoms with van der Waals surface area (Å²) >= 11 is 0. The Hall–Kier alpha value is -8.98. The largest absolute Gasteiger partial charge is 0.309 e. The molecule has 320 valence electrons. The highest BCUT2D eigenvalue weighted by molar-refractivity contribution is 6.17. The van der Waals surface area contributed by atoms with Crippen molar-refractivity contribution in [3.63, 3.8) is 0 Å². The lowest BCUT2D eigenvalue weighted by atomic mass is 9.70. The predicted octanol–water partition coefficient (Wildman–Crippen LogP) is 17.2. The smallest absolute Gasteiger partial charge is 0.0726 e. The zero-order valence-electron chi connectivity index (χ0n) is 37.6. The highest BCUT2D eigenvalue weighted by Gasteiger charge is 2.52. The van der Waals surface area contributed by atoms with Crippen LogP contribution >= 0.6 is 0 Å². The van der Waals surface area contributed by atoms with Gasteiger partial charge in [0.1, 0.15) is 0 Å². The van der Waals surface area contributed by atoms with Crippen LogP contribution in [0.5, 0.6) is 0 Å². The van der Waals surface area contributed by atoms with Crippen LogP contribution < -0.4 is 0 Å². The first-order valence-corrected chi connectivity index (χ1v) is 24.0. The fourth-order valence-corrected chi connectivity index (χ4v) is 12.5. The van der Waals surface area contributed by atoms with Crippen molar-refractivity contribution in [2.45, 2.75) is 5.41 Å². The number of aromatic nitrogens is 2. The molecular weight excluding hydrogens is 833 g/mol. The molecule has 0 fully saturated rings. The molecule has 0 amide bonds. The molecule has 0 unspecified atom stereocenters. The topological polar surface area (TPSA) is 9.86 Å². The van der Waals surface area contributed by atoms with Crippen LogP contribution in [0, 0.1) is 0 Å². The van der Waals surface area contributed by atoms with E-state index in [1.807, 2.05) is 0 Å². The molecule has 2 nitrogen and oxygen atoms in total. The zero-order chi connectivity index (χ0) is 45.2. The fourth-order valence-electron chi connectivity index (χ4n) is 12.5. The molecule has 69 heavy (non-hydrogen) atoms. The number of hydrogen-bond acceptors (Lipinski definition) is 0. The first-order valence-electron chi connectivity index (χ1n) is 24.0. The minimum Gasteiger partial charge on any atom is -0.309 e. The molecule has 11 aromatic carbocycles. The normalized spacial score (nSPS) is 13.0. The molecule has 2 heterocycles. The Morgan fingerprint density at radius 2 is 0.754 bits per heavy atom. The van der Waals surface area contributed by atoms with Gasteiger partial charge in [-0.05, 0) is 127 Å². The van der Waals surface area contributed by atoms with Gasteiger partial charge < -0.3 is 9.13 Å². The van der Waals surface area contributed by atoms with Gasteiger partial charge >= 0.3 is 0 Å². The van der Waals surface area contributed by atoms with E-state index < -0.39 is 5.41 Å². The van der Waals surface area contributed by atoms with Crippen molar-refractivity contribution < 1.29 is 0 Å². The molecule has 0 aliphatic heterocycles. The van der Waals surface area contributed by atoms with Gasteiger partial charge in [0.05, 0.1) is 33.2 Å². The van der Waals surface area contributed by atoms with Crippen molar-refractivity contribution in [3.8, 4) is 67.0 Å². The maximum absolute atomic E-state index is 2.60. The number of rotatable bonds is 5. The van der Waals surface area contributed by atoms with Crippen molar-refractivity contribution >= 4 is 43.6 Å². The molecule has 0 N–H and O–H groups in total. The van der Waals surface area contributed by atoms with E-state index >= 15 is 0 Å². The van der Waals surface area contributed by atoms with E-state index in [2.05, 4.69) is 264 Å². The molecule has 0 saturated carbocycles. The van der Waals surface area contributed by atoms with E-state index in [0.29, 0.717) is 0 Å². The average molecular weight is 875 g/mol. The van der Waals surface area contributed by atoms with Crippen molar-refractivity contribution in [1.29, 1.82) is 0 Å². The van der Waals surface area contributed by atoms with Crippen molar-refractivity contribution in [3.05, 3.63) is 277 Å². The van der Waals surface area contributed by atoms with Gasteiger partial charge in [0.25, 0.3) is 0 Å². The van der Waals surface area contributed by atoms with E-state index in [0.717, 1.165) is 5.69 Å².